The molecule has 1 heterocycles. The number of amides is 1. The fraction of sp³-hybridized carbons (Fsp3) is 0.789. The van der Waals surface area contributed by atoms with Crippen LogP contribution in [-0.4, -0.2) is 29.4 Å². The number of hydrogen-bond acceptors (Lipinski definition) is 3. The Morgan fingerprint density at radius 3 is 2.46 bits per heavy atom. The van der Waals surface area contributed by atoms with Gasteiger partial charge in [0.2, 0.25) is 5.91 Å². The van der Waals surface area contributed by atoms with E-state index in [9.17, 15) is 4.79 Å². The van der Waals surface area contributed by atoms with E-state index in [0.717, 1.165) is 23.4 Å². The summed E-state index contributed by atoms with van der Waals surface area (Å²) in [6.07, 6.45) is 10.5. The third-order valence-corrected chi connectivity index (χ3v) is 6.59. The van der Waals surface area contributed by atoms with E-state index in [0.29, 0.717) is 13.0 Å². The highest BCUT2D eigenvalue weighted by molar-refractivity contribution is 5.77. The number of aromatic nitrogens is 2. The maximum Gasteiger partial charge on any atom is 0.221 e. The van der Waals surface area contributed by atoms with Crippen LogP contribution >= 0.6 is 0 Å². The van der Waals surface area contributed by atoms with E-state index in [4.69, 9.17) is 4.74 Å². The highest BCUT2D eigenvalue weighted by Gasteiger charge is 2.51. The second-order valence-corrected chi connectivity index (χ2v) is 8.55. The Hall–Kier alpha value is -1.36. The number of carbonyl (C=O) groups is 1. The van der Waals surface area contributed by atoms with Gasteiger partial charge < -0.3 is 10.1 Å². The van der Waals surface area contributed by atoms with Gasteiger partial charge in [-0.1, -0.05) is 0 Å². The van der Waals surface area contributed by atoms with E-state index in [1.807, 2.05) is 17.8 Å². The smallest absolute Gasteiger partial charge is 0.221 e. The summed E-state index contributed by atoms with van der Waals surface area (Å²) in [5, 5.41) is 7.43. The average Bonchev–Trinajstić information content (AvgIpc) is 2.90. The van der Waals surface area contributed by atoms with Crippen molar-refractivity contribution in [1.82, 2.24) is 15.1 Å². The zero-order valence-electron chi connectivity index (χ0n) is 14.8. The van der Waals surface area contributed by atoms with Gasteiger partial charge in [0.1, 0.15) is 0 Å². The van der Waals surface area contributed by atoms with Crippen LogP contribution in [0.15, 0.2) is 12.3 Å². The Kier molecular flexibility index (Phi) is 4.15. The minimum Gasteiger partial charge on any atom is -0.382 e. The molecule has 4 aliphatic rings. The lowest BCUT2D eigenvalue weighted by Crippen LogP contribution is -2.48. The Morgan fingerprint density at radius 2 is 1.96 bits per heavy atom. The summed E-state index contributed by atoms with van der Waals surface area (Å²) in [6, 6.07) is 1.83. The van der Waals surface area contributed by atoms with Crippen molar-refractivity contribution >= 4 is 5.91 Å². The molecular formula is C19H29N3O2. The molecule has 0 spiro atoms. The molecular weight excluding hydrogens is 302 g/mol. The average molecular weight is 331 g/mol. The summed E-state index contributed by atoms with van der Waals surface area (Å²) in [5.74, 6) is 2.84. The number of methoxy groups -OCH3 is 1. The number of nitrogens with zero attached hydrogens (tertiary/aromatic N) is 2. The fourth-order valence-corrected chi connectivity index (χ4v) is 6.19. The van der Waals surface area contributed by atoms with Crippen molar-refractivity contribution in [2.75, 3.05) is 13.7 Å². The minimum absolute atomic E-state index is 0.121. The Bertz CT molecular complexity index is 574. The second-order valence-electron chi connectivity index (χ2n) is 8.55. The molecule has 0 aromatic carbocycles. The van der Waals surface area contributed by atoms with Crippen molar-refractivity contribution in [3.63, 3.8) is 0 Å². The van der Waals surface area contributed by atoms with Crippen LogP contribution in [0.25, 0.3) is 0 Å². The van der Waals surface area contributed by atoms with Crippen LogP contribution in [0.5, 0.6) is 0 Å². The van der Waals surface area contributed by atoms with Crippen molar-refractivity contribution in [2.45, 2.75) is 51.0 Å². The van der Waals surface area contributed by atoms with Gasteiger partial charge in [0, 0.05) is 26.8 Å². The zero-order chi connectivity index (χ0) is 16.7. The lowest BCUT2D eigenvalue weighted by molar-refractivity contribution is -0.130. The number of aryl methyl sites for hydroxylation is 1. The maximum atomic E-state index is 12.8. The summed E-state index contributed by atoms with van der Waals surface area (Å²) in [5.41, 5.74) is 1.28. The van der Waals surface area contributed by atoms with Crippen molar-refractivity contribution in [1.29, 1.82) is 0 Å². The van der Waals surface area contributed by atoms with Crippen molar-refractivity contribution in [3.05, 3.63) is 18.0 Å². The molecule has 4 saturated carbocycles. The molecule has 24 heavy (non-hydrogen) atoms. The van der Waals surface area contributed by atoms with Crippen LogP contribution in [0.3, 0.4) is 0 Å². The molecule has 132 valence electrons. The third kappa shape index (κ3) is 2.99. The molecule has 1 aromatic rings. The Morgan fingerprint density at radius 1 is 1.33 bits per heavy atom. The first-order valence-electron chi connectivity index (χ1n) is 9.33. The molecule has 4 aliphatic carbocycles. The number of carbonyl (C=O) groups excluding carboxylic acids is 1. The lowest BCUT2D eigenvalue weighted by atomic mass is 9.49. The lowest BCUT2D eigenvalue weighted by Gasteiger charge is -2.56. The Balaban J connectivity index is 1.43. The van der Waals surface area contributed by atoms with Crippen LogP contribution in [0.1, 0.15) is 56.7 Å². The number of nitrogens with one attached hydrogen (secondary N) is 1. The van der Waals surface area contributed by atoms with Crippen molar-refractivity contribution in [3.8, 4) is 0 Å². The van der Waals surface area contributed by atoms with Gasteiger partial charge in [0.15, 0.2) is 0 Å². The number of rotatable bonds is 6. The molecule has 5 nitrogen and oxygen atoms in total. The SMILES string of the molecule is COC[C@@H](NC(=O)CC12CC3CC(CC(C3)C1)C2)c1ccnn1C. The van der Waals surface area contributed by atoms with E-state index in [2.05, 4.69) is 10.4 Å². The molecule has 0 aliphatic heterocycles. The fourth-order valence-electron chi connectivity index (χ4n) is 6.19. The van der Waals surface area contributed by atoms with Crippen LogP contribution in [-0.2, 0) is 16.6 Å². The monoisotopic (exact) mass is 331 g/mol. The first kappa shape index (κ1) is 16.1. The Labute approximate surface area is 144 Å². The van der Waals surface area contributed by atoms with Crippen LogP contribution in [0.4, 0.5) is 0 Å². The largest absolute Gasteiger partial charge is 0.382 e. The zero-order valence-corrected chi connectivity index (χ0v) is 14.8. The van der Waals surface area contributed by atoms with Crippen molar-refractivity contribution in [2.24, 2.45) is 30.2 Å². The standard InChI is InChI=1S/C19H29N3O2/c1-22-17(3-4-20-22)16(12-24-2)21-18(23)11-19-8-13-5-14(9-19)7-15(6-13)10-19/h3-4,13-16H,5-12H2,1-2H3,(H,21,23)/t13?,14?,15?,16-,19?/m1/s1. The molecule has 0 saturated heterocycles. The van der Waals surface area contributed by atoms with Gasteiger partial charge in [-0.3, -0.25) is 9.48 Å². The first-order chi connectivity index (χ1) is 11.6. The number of ether oxygens (including phenoxy) is 1. The summed E-state index contributed by atoms with van der Waals surface area (Å²) < 4.78 is 7.14. The van der Waals surface area contributed by atoms with Gasteiger partial charge in [-0.05, 0) is 67.8 Å². The summed E-state index contributed by atoms with van der Waals surface area (Å²) in [7, 11) is 3.58. The summed E-state index contributed by atoms with van der Waals surface area (Å²) >= 11 is 0. The van der Waals surface area contributed by atoms with Crippen LogP contribution < -0.4 is 5.32 Å². The molecule has 1 aromatic heterocycles. The predicted molar refractivity (Wildman–Crippen MR) is 91.2 cm³/mol. The number of hydrogen-bond donors (Lipinski definition) is 1. The topological polar surface area (TPSA) is 56.1 Å². The first-order valence-corrected chi connectivity index (χ1v) is 9.33. The van der Waals surface area contributed by atoms with E-state index in [1.54, 1.807) is 13.3 Å². The van der Waals surface area contributed by atoms with Crippen molar-refractivity contribution < 1.29 is 9.53 Å². The maximum absolute atomic E-state index is 12.8. The molecule has 1 amide bonds. The van der Waals surface area contributed by atoms with Crippen LogP contribution in [0, 0.1) is 23.2 Å². The summed E-state index contributed by atoms with van der Waals surface area (Å²) in [4.78, 5) is 12.8. The second kappa shape index (κ2) is 6.17. The molecule has 1 N–H and O–H groups in total. The van der Waals surface area contributed by atoms with Crippen LogP contribution in [0.2, 0.25) is 0 Å². The van der Waals surface area contributed by atoms with E-state index < -0.39 is 0 Å². The van der Waals surface area contributed by atoms with Gasteiger partial charge in [0.25, 0.3) is 0 Å². The van der Waals surface area contributed by atoms with E-state index >= 15 is 0 Å². The van der Waals surface area contributed by atoms with Gasteiger partial charge in [-0.25, -0.2) is 0 Å². The quantitative estimate of drug-likeness (QED) is 0.872. The van der Waals surface area contributed by atoms with E-state index in [1.165, 1.54) is 38.5 Å². The van der Waals surface area contributed by atoms with Gasteiger partial charge in [0.05, 0.1) is 18.3 Å². The van der Waals surface area contributed by atoms with E-state index in [-0.39, 0.29) is 17.4 Å². The minimum atomic E-state index is -0.121. The highest BCUT2D eigenvalue weighted by atomic mass is 16.5. The molecule has 0 unspecified atom stereocenters. The van der Waals surface area contributed by atoms with Gasteiger partial charge in [-0.2, -0.15) is 5.10 Å². The normalized spacial score (nSPS) is 35.2. The molecule has 5 heteroatoms. The van der Waals surface area contributed by atoms with Gasteiger partial charge >= 0.3 is 0 Å². The molecule has 4 bridgehead atoms. The predicted octanol–water partition coefficient (Wildman–Crippen LogP) is 2.83. The molecule has 4 fully saturated rings. The highest BCUT2D eigenvalue weighted by Crippen LogP contribution is 2.61. The van der Waals surface area contributed by atoms with Gasteiger partial charge in [-0.15, -0.1) is 0 Å². The molecule has 5 rings (SSSR count). The third-order valence-electron chi connectivity index (χ3n) is 6.59. The summed E-state index contributed by atoms with van der Waals surface area (Å²) in [6.45, 7) is 0.478. The molecule has 0 radical (unpaired) electrons. The molecule has 1 atom stereocenters.